The van der Waals surface area contributed by atoms with Crippen LogP contribution in [0.5, 0.6) is 5.75 Å². The van der Waals surface area contributed by atoms with Gasteiger partial charge in [-0.15, -0.1) is 0 Å². The van der Waals surface area contributed by atoms with Crippen LogP contribution in [0.15, 0.2) is 53.4 Å². The lowest BCUT2D eigenvalue weighted by Crippen LogP contribution is -2.28. The van der Waals surface area contributed by atoms with Crippen molar-refractivity contribution in [1.29, 1.82) is 0 Å². The molecule has 0 saturated carbocycles. The van der Waals surface area contributed by atoms with E-state index in [0.717, 1.165) is 0 Å². The predicted octanol–water partition coefficient (Wildman–Crippen LogP) is 3.35. The van der Waals surface area contributed by atoms with Crippen LogP contribution in [-0.4, -0.2) is 21.6 Å². The van der Waals surface area contributed by atoms with Crippen molar-refractivity contribution in [2.75, 3.05) is 13.2 Å². The van der Waals surface area contributed by atoms with Gasteiger partial charge in [-0.2, -0.15) is 0 Å². The van der Waals surface area contributed by atoms with Gasteiger partial charge in [-0.1, -0.05) is 41.4 Å². The molecule has 0 spiro atoms. The molecule has 2 rings (SSSR count). The summed E-state index contributed by atoms with van der Waals surface area (Å²) in [5.74, 6) is 0.686. The van der Waals surface area contributed by atoms with Crippen LogP contribution in [0.2, 0.25) is 10.0 Å². The molecule has 0 aromatic heterocycles. The Morgan fingerprint density at radius 1 is 1.00 bits per heavy atom. The first-order chi connectivity index (χ1) is 9.99. The maximum Gasteiger partial charge on any atom is 0.240 e. The van der Waals surface area contributed by atoms with Gasteiger partial charge in [0.25, 0.3) is 0 Å². The average molecular weight is 346 g/mol. The van der Waals surface area contributed by atoms with Gasteiger partial charge in [-0.25, -0.2) is 13.1 Å². The minimum absolute atomic E-state index is 0.0663. The Morgan fingerprint density at radius 2 is 1.71 bits per heavy atom. The molecule has 1 N–H and O–H groups in total. The van der Waals surface area contributed by atoms with E-state index in [9.17, 15) is 8.42 Å². The smallest absolute Gasteiger partial charge is 0.240 e. The predicted molar refractivity (Wildman–Crippen MR) is 83.6 cm³/mol. The highest BCUT2D eigenvalue weighted by Gasteiger charge is 2.14. The maximum absolute atomic E-state index is 12.0. The Bertz CT molecular complexity index is 705. The summed E-state index contributed by atoms with van der Waals surface area (Å²) in [7, 11) is -3.63. The van der Waals surface area contributed by atoms with Gasteiger partial charge in [-0.05, 0) is 30.3 Å². The Hall–Kier alpha value is -1.27. The normalized spacial score (nSPS) is 11.3. The molecule has 2 aromatic rings. The zero-order valence-corrected chi connectivity index (χ0v) is 13.3. The zero-order valence-electron chi connectivity index (χ0n) is 10.9. The van der Waals surface area contributed by atoms with Crippen molar-refractivity contribution >= 4 is 33.2 Å². The Morgan fingerprint density at radius 3 is 2.38 bits per heavy atom. The molecule has 0 saturated heterocycles. The standard InChI is InChI=1S/C14H13Cl2NO3S/c15-13-7-6-12(10-14(13)16)21(18,19)17-8-9-20-11-4-2-1-3-5-11/h1-7,10,17H,8-9H2. The minimum atomic E-state index is -3.63. The fraction of sp³-hybridized carbons (Fsp3) is 0.143. The molecule has 0 fully saturated rings. The molecule has 0 aliphatic rings. The topological polar surface area (TPSA) is 55.4 Å². The average Bonchev–Trinajstić information content (AvgIpc) is 2.47. The first-order valence-corrected chi connectivity index (χ1v) is 8.35. The summed E-state index contributed by atoms with van der Waals surface area (Å²) in [5, 5.41) is 0.503. The molecule has 0 aliphatic heterocycles. The third-order valence-electron chi connectivity index (χ3n) is 2.61. The first kappa shape index (κ1) is 16.1. The molecular weight excluding hydrogens is 333 g/mol. The molecule has 4 nitrogen and oxygen atoms in total. The van der Waals surface area contributed by atoms with E-state index in [1.807, 2.05) is 18.2 Å². The van der Waals surface area contributed by atoms with Gasteiger partial charge in [0.05, 0.1) is 14.9 Å². The van der Waals surface area contributed by atoms with E-state index in [4.69, 9.17) is 27.9 Å². The molecule has 7 heteroatoms. The Balaban J connectivity index is 1.91. The number of sulfonamides is 1. The molecule has 0 aliphatic carbocycles. The van der Waals surface area contributed by atoms with E-state index in [1.54, 1.807) is 12.1 Å². The molecule has 112 valence electrons. The number of benzene rings is 2. The second kappa shape index (κ2) is 7.13. The van der Waals surface area contributed by atoms with Crippen molar-refractivity contribution in [2.45, 2.75) is 4.90 Å². The van der Waals surface area contributed by atoms with Crippen molar-refractivity contribution in [1.82, 2.24) is 4.72 Å². The van der Waals surface area contributed by atoms with Crippen LogP contribution in [0.1, 0.15) is 0 Å². The summed E-state index contributed by atoms with van der Waals surface area (Å²) < 4.78 is 31.9. The van der Waals surface area contributed by atoms with Gasteiger partial charge in [-0.3, -0.25) is 0 Å². The lowest BCUT2D eigenvalue weighted by molar-refractivity contribution is 0.323. The Labute approximate surface area is 133 Å². The minimum Gasteiger partial charge on any atom is -0.492 e. The van der Waals surface area contributed by atoms with Gasteiger partial charge in [0, 0.05) is 6.54 Å². The first-order valence-electron chi connectivity index (χ1n) is 6.11. The van der Waals surface area contributed by atoms with Crippen LogP contribution >= 0.6 is 23.2 Å². The van der Waals surface area contributed by atoms with Gasteiger partial charge >= 0.3 is 0 Å². The summed E-state index contributed by atoms with van der Waals surface area (Å²) in [5.41, 5.74) is 0. The largest absolute Gasteiger partial charge is 0.492 e. The highest BCUT2D eigenvalue weighted by atomic mass is 35.5. The summed E-state index contributed by atoms with van der Waals surface area (Å²) >= 11 is 11.6. The second-order valence-corrected chi connectivity index (χ2v) is 6.72. The van der Waals surface area contributed by atoms with Gasteiger partial charge in [0.2, 0.25) is 10.0 Å². The number of halogens is 2. The number of hydrogen-bond acceptors (Lipinski definition) is 3. The van der Waals surface area contributed by atoms with E-state index in [2.05, 4.69) is 4.72 Å². The molecule has 2 aromatic carbocycles. The number of para-hydroxylation sites is 1. The monoisotopic (exact) mass is 345 g/mol. The van der Waals surface area contributed by atoms with Crippen LogP contribution < -0.4 is 9.46 Å². The summed E-state index contributed by atoms with van der Waals surface area (Å²) in [4.78, 5) is 0.0663. The number of rotatable bonds is 6. The van der Waals surface area contributed by atoms with Gasteiger partial charge in [0.15, 0.2) is 0 Å². The molecule has 0 unspecified atom stereocenters. The van der Waals surface area contributed by atoms with Crippen molar-refractivity contribution < 1.29 is 13.2 Å². The summed E-state index contributed by atoms with van der Waals surface area (Å²) in [6, 6.07) is 13.3. The lowest BCUT2D eigenvalue weighted by Gasteiger charge is -2.09. The number of nitrogens with one attached hydrogen (secondary N) is 1. The van der Waals surface area contributed by atoms with Gasteiger partial charge in [0.1, 0.15) is 12.4 Å². The molecule has 0 bridgehead atoms. The van der Waals surface area contributed by atoms with Crippen LogP contribution in [0.25, 0.3) is 0 Å². The molecule has 0 radical (unpaired) electrons. The third kappa shape index (κ3) is 4.61. The van der Waals surface area contributed by atoms with E-state index < -0.39 is 10.0 Å². The summed E-state index contributed by atoms with van der Waals surface area (Å²) in [6.45, 7) is 0.377. The highest BCUT2D eigenvalue weighted by molar-refractivity contribution is 7.89. The van der Waals surface area contributed by atoms with E-state index in [0.29, 0.717) is 10.8 Å². The molecule has 0 amide bonds. The maximum atomic E-state index is 12.0. The van der Waals surface area contributed by atoms with Crippen LogP contribution in [0, 0.1) is 0 Å². The molecular formula is C14H13Cl2NO3S. The quantitative estimate of drug-likeness (QED) is 0.816. The van der Waals surface area contributed by atoms with Crippen molar-refractivity contribution in [3.05, 3.63) is 58.6 Å². The zero-order chi connectivity index (χ0) is 15.3. The fourth-order valence-electron chi connectivity index (χ4n) is 1.59. The lowest BCUT2D eigenvalue weighted by atomic mass is 10.3. The van der Waals surface area contributed by atoms with Crippen molar-refractivity contribution in [2.24, 2.45) is 0 Å². The van der Waals surface area contributed by atoms with E-state index >= 15 is 0 Å². The van der Waals surface area contributed by atoms with Crippen LogP contribution in [-0.2, 0) is 10.0 Å². The summed E-state index contributed by atoms with van der Waals surface area (Å²) in [6.07, 6.45) is 0. The van der Waals surface area contributed by atoms with Crippen molar-refractivity contribution in [3.63, 3.8) is 0 Å². The third-order valence-corrected chi connectivity index (χ3v) is 4.81. The SMILES string of the molecule is O=S(=O)(NCCOc1ccccc1)c1ccc(Cl)c(Cl)c1. The number of hydrogen-bond donors (Lipinski definition) is 1. The highest BCUT2D eigenvalue weighted by Crippen LogP contribution is 2.24. The molecule has 21 heavy (non-hydrogen) atoms. The van der Waals surface area contributed by atoms with Gasteiger partial charge < -0.3 is 4.74 Å². The molecule has 0 heterocycles. The van der Waals surface area contributed by atoms with Crippen LogP contribution in [0.4, 0.5) is 0 Å². The number of ether oxygens (including phenoxy) is 1. The van der Waals surface area contributed by atoms with E-state index in [1.165, 1.54) is 18.2 Å². The van der Waals surface area contributed by atoms with Crippen molar-refractivity contribution in [3.8, 4) is 5.75 Å². The van der Waals surface area contributed by atoms with Crippen LogP contribution in [0.3, 0.4) is 0 Å². The fourth-order valence-corrected chi connectivity index (χ4v) is 2.99. The van der Waals surface area contributed by atoms with E-state index in [-0.39, 0.29) is 23.1 Å². The second-order valence-electron chi connectivity index (χ2n) is 4.14. The molecule has 0 atom stereocenters. The Kier molecular flexibility index (Phi) is 5.47.